The van der Waals surface area contributed by atoms with Gasteiger partial charge in [-0.1, -0.05) is 42.5 Å². The van der Waals surface area contributed by atoms with Crippen molar-refractivity contribution < 1.29 is 27.1 Å². The molecule has 2 aromatic carbocycles. The second kappa shape index (κ2) is 8.56. The molecule has 0 aliphatic carbocycles. The number of nitrogens with zero attached hydrogens (tertiary/aromatic N) is 2. The Morgan fingerprint density at radius 2 is 1.83 bits per heavy atom. The van der Waals surface area contributed by atoms with E-state index in [-0.39, 0.29) is 11.7 Å². The number of benzene rings is 2. The predicted octanol–water partition coefficient (Wildman–Crippen LogP) is 3.99. The SMILES string of the molecule is CN1C(=O)C(c2ccc(OC(F)F)cc2)(c2cccc(C=CCC(F)F)c2)N=C1N. The summed E-state index contributed by atoms with van der Waals surface area (Å²) >= 11 is 0. The number of hydrogen-bond donors (Lipinski definition) is 1. The number of ether oxygens (including phenoxy) is 1. The van der Waals surface area contributed by atoms with Crippen LogP contribution in [0.3, 0.4) is 0 Å². The van der Waals surface area contributed by atoms with E-state index in [4.69, 9.17) is 5.73 Å². The minimum atomic E-state index is -2.98. The van der Waals surface area contributed by atoms with Gasteiger partial charge in [-0.25, -0.2) is 13.8 Å². The van der Waals surface area contributed by atoms with Crippen molar-refractivity contribution in [3.63, 3.8) is 0 Å². The molecule has 5 nitrogen and oxygen atoms in total. The Morgan fingerprint density at radius 1 is 1.13 bits per heavy atom. The Kier molecular flexibility index (Phi) is 6.09. The maximum atomic E-state index is 13.2. The zero-order chi connectivity index (χ0) is 21.9. The van der Waals surface area contributed by atoms with Crippen molar-refractivity contribution in [2.45, 2.75) is 25.0 Å². The number of allylic oxidation sites excluding steroid dienone is 1. The molecule has 1 aliphatic rings. The third-order valence-electron chi connectivity index (χ3n) is 4.67. The van der Waals surface area contributed by atoms with Crippen LogP contribution in [-0.4, -0.2) is 36.9 Å². The van der Waals surface area contributed by atoms with E-state index in [2.05, 4.69) is 9.73 Å². The Labute approximate surface area is 170 Å². The lowest BCUT2D eigenvalue weighted by Crippen LogP contribution is -2.41. The number of likely N-dealkylation sites (N-methyl/N-ethyl adjacent to an activating group) is 1. The normalized spacial score (nSPS) is 19.2. The lowest BCUT2D eigenvalue weighted by atomic mass is 9.82. The number of guanidine groups is 1. The molecule has 0 radical (unpaired) electrons. The zero-order valence-corrected chi connectivity index (χ0v) is 15.9. The topological polar surface area (TPSA) is 67.9 Å². The van der Waals surface area contributed by atoms with Gasteiger partial charge in [-0.05, 0) is 34.9 Å². The number of amides is 1. The van der Waals surface area contributed by atoms with Crippen LogP contribution in [0.15, 0.2) is 59.6 Å². The summed E-state index contributed by atoms with van der Waals surface area (Å²) < 4.78 is 54.1. The molecular formula is C21H19F4N3O2. The van der Waals surface area contributed by atoms with Crippen LogP contribution >= 0.6 is 0 Å². The minimum Gasteiger partial charge on any atom is -0.435 e. The standard InChI is InChI=1S/C21H19F4N3O2/c1-28-18(29)21(27-20(28)26,14-8-10-16(11-9-14)30-19(24)25)15-6-2-4-13(12-15)5-3-7-17(22)23/h2-6,8-12,17,19H,7H2,1H3,(H2,26,27). The highest BCUT2D eigenvalue weighted by Crippen LogP contribution is 2.40. The smallest absolute Gasteiger partial charge is 0.387 e. The highest BCUT2D eigenvalue weighted by atomic mass is 19.3. The van der Waals surface area contributed by atoms with E-state index in [1.165, 1.54) is 48.4 Å². The van der Waals surface area contributed by atoms with Crippen molar-refractivity contribution in [2.24, 2.45) is 10.7 Å². The highest BCUT2D eigenvalue weighted by molar-refractivity contribution is 6.09. The first kappa shape index (κ1) is 21.4. The summed E-state index contributed by atoms with van der Waals surface area (Å²) in [5.41, 5.74) is 5.82. The van der Waals surface area contributed by atoms with E-state index in [0.29, 0.717) is 16.7 Å². The number of nitrogens with two attached hydrogens (primary N) is 1. The molecule has 1 unspecified atom stereocenters. The first-order valence-electron chi connectivity index (χ1n) is 8.98. The Morgan fingerprint density at radius 3 is 2.40 bits per heavy atom. The summed E-state index contributed by atoms with van der Waals surface area (Å²) in [4.78, 5) is 18.8. The third-order valence-corrected chi connectivity index (χ3v) is 4.67. The molecule has 3 rings (SSSR count). The van der Waals surface area contributed by atoms with Crippen LogP contribution in [-0.2, 0) is 10.3 Å². The molecule has 2 N–H and O–H groups in total. The summed E-state index contributed by atoms with van der Waals surface area (Å²) in [5.74, 6) is -0.508. The molecule has 158 valence electrons. The summed E-state index contributed by atoms with van der Waals surface area (Å²) in [5, 5.41) is 0. The first-order chi connectivity index (χ1) is 14.2. The van der Waals surface area contributed by atoms with Gasteiger partial charge < -0.3 is 10.5 Å². The van der Waals surface area contributed by atoms with Crippen molar-refractivity contribution in [3.05, 3.63) is 71.3 Å². The van der Waals surface area contributed by atoms with E-state index in [1.807, 2.05) is 0 Å². The Bertz CT molecular complexity index is 976. The summed E-state index contributed by atoms with van der Waals surface area (Å²) in [6.07, 6.45) is 0.0132. The van der Waals surface area contributed by atoms with Crippen LogP contribution < -0.4 is 10.5 Å². The van der Waals surface area contributed by atoms with Crippen LogP contribution in [0.25, 0.3) is 6.08 Å². The van der Waals surface area contributed by atoms with Crippen LogP contribution in [0.4, 0.5) is 17.6 Å². The Balaban J connectivity index is 2.07. The van der Waals surface area contributed by atoms with Crippen LogP contribution in [0.2, 0.25) is 0 Å². The fourth-order valence-electron chi connectivity index (χ4n) is 3.24. The molecular weight excluding hydrogens is 402 g/mol. The number of alkyl halides is 4. The summed E-state index contributed by atoms with van der Waals surface area (Å²) in [7, 11) is 1.48. The van der Waals surface area contributed by atoms with Gasteiger partial charge in [0.25, 0.3) is 5.91 Å². The summed E-state index contributed by atoms with van der Waals surface area (Å²) in [6, 6.07) is 12.2. The molecule has 9 heteroatoms. The van der Waals surface area contributed by atoms with E-state index in [9.17, 15) is 22.4 Å². The average Bonchev–Trinajstić information content (AvgIpc) is 2.93. The molecule has 1 aliphatic heterocycles. The molecule has 0 spiro atoms. The maximum absolute atomic E-state index is 13.2. The molecule has 1 amide bonds. The molecule has 0 saturated carbocycles. The quantitative estimate of drug-likeness (QED) is 0.688. The number of hydrogen-bond acceptors (Lipinski definition) is 4. The molecule has 30 heavy (non-hydrogen) atoms. The van der Waals surface area contributed by atoms with Crippen LogP contribution in [0.1, 0.15) is 23.1 Å². The lowest BCUT2D eigenvalue weighted by Gasteiger charge is -2.26. The molecule has 1 atom stereocenters. The van der Waals surface area contributed by atoms with Crippen molar-refractivity contribution in [2.75, 3.05) is 7.05 Å². The fraction of sp³-hybridized carbons (Fsp3) is 0.238. The van der Waals surface area contributed by atoms with Gasteiger partial charge in [0.15, 0.2) is 11.5 Å². The maximum Gasteiger partial charge on any atom is 0.387 e. The highest BCUT2D eigenvalue weighted by Gasteiger charge is 2.49. The van der Waals surface area contributed by atoms with Gasteiger partial charge in [0, 0.05) is 13.5 Å². The predicted molar refractivity (Wildman–Crippen MR) is 104 cm³/mol. The third kappa shape index (κ3) is 4.14. The number of carbonyl (C=O) groups is 1. The minimum absolute atomic E-state index is 0.00782. The molecule has 0 aromatic heterocycles. The van der Waals surface area contributed by atoms with E-state index in [0.717, 1.165) is 0 Å². The van der Waals surface area contributed by atoms with Gasteiger partial charge in [-0.15, -0.1) is 0 Å². The van der Waals surface area contributed by atoms with Gasteiger partial charge in [-0.2, -0.15) is 8.78 Å². The lowest BCUT2D eigenvalue weighted by molar-refractivity contribution is -0.129. The largest absolute Gasteiger partial charge is 0.435 e. The second-order valence-electron chi connectivity index (χ2n) is 6.60. The number of aliphatic imine (C=N–C) groups is 1. The van der Waals surface area contributed by atoms with Gasteiger partial charge in [0.05, 0.1) is 0 Å². The molecule has 1 heterocycles. The van der Waals surface area contributed by atoms with Crippen molar-refractivity contribution >= 4 is 17.9 Å². The molecule has 0 bridgehead atoms. The van der Waals surface area contributed by atoms with Gasteiger partial charge in [0.1, 0.15) is 5.75 Å². The second-order valence-corrected chi connectivity index (χ2v) is 6.60. The van der Waals surface area contributed by atoms with Gasteiger partial charge in [0.2, 0.25) is 6.43 Å². The van der Waals surface area contributed by atoms with Crippen molar-refractivity contribution in [1.29, 1.82) is 0 Å². The zero-order valence-electron chi connectivity index (χ0n) is 15.9. The van der Waals surface area contributed by atoms with Crippen LogP contribution in [0.5, 0.6) is 5.75 Å². The molecule has 2 aromatic rings. The van der Waals surface area contributed by atoms with Crippen molar-refractivity contribution in [3.8, 4) is 5.75 Å². The number of carbonyl (C=O) groups excluding carboxylic acids is 1. The average molecular weight is 421 g/mol. The number of halogens is 4. The fourth-order valence-corrected chi connectivity index (χ4v) is 3.24. The van der Waals surface area contributed by atoms with Crippen LogP contribution in [0, 0.1) is 0 Å². The Hall–Kier alpha value is -3.36. The van der Waals surface area contributed by atoms with E-state index in [1.54, 1.807) is 24.3 Å². The van der Waals surface area contributed by atoms with Crippen molar-refractivity contribution in [1.82, 2.24) is 4.90 Å². The van der Waals surface area contributed by atoms with Gasteiger partial charge >= 0.3 is 6.61 Å². The van der Waals surface area contributed by atoms with E-state index < -0.39 is 30.9 Å². The monoisotopic (exact) mass is 421 g/mol. The van der Waals surface area contributed by atoms with E-state index >= 15 is 0 Å². The number of rotatable bonds is 7. The van der Waals surface area contributed by atoms with Gasteiger partial charge in [-0.3, -0.25) is 9.69 Å². The molecule has 0 fully saturated rings. The summed E-state index contributed by atoms with van der Waals surface area (Å²) in [6.45, 7) is -2.98. The first-order valence-corrected chi connectivity index (χ1v) is 8.98. The molecule has 0 saturated heterocycles.